The molecule has 0 amide bonds. The number of rotatable bonds is 4. The predicted molar refractivity (Wildman–Crippen MR) is 107 cm³/mol. The third-order valence-corrected chi connectivity index (χ3v) is 7.18. The summed E-state index contributed by atoms with van der Waals surface area (Å²) in [6, 6.07) is 5.47. The van der Waals surface area contributed by atoms with Gasteiger partial charge in [0, 0.05) is 16.4 Å². The van der Waals surface area contributed by atoms with Crippen LogP contribution < -0.4 is 9.47 Å². The number of methoxy groups -OCH3 is 2. The van der Waals surface area contributed by atoms with Crippen molar-refractivity contribution >= 4 is 29.5 Å². The van der Waals surface area contributed by atoms with Crippen molar-refractivity contribution in [2.24, 2.45) is 22.2 Å². The van der Waals surface area contributed by atoms with Gasteiger partial charge in [-0.3, -0.25) is 0 Å². The van der Waals surface area contributed by atoms with Crippen LogP contribution in [0.3, 0.4) is 0 Å². The van der Waals surface area contributed by atoms with Gasteiger partial charge < -0.3 is 14.2 Å². The molecule has 4 aliphatic carbocycles. The Morgan fingerprint density at radius 1 is 1.11 bits per heavy atom. The van der Waals surface area contributed by atoms with E-state index in [1.807, 2.05) is 12.1 Å². The summed E-state index contributed by atoms with van der Waals surface area (Å²) in [5.41, 5.74) is 0.931. The zero-order chi connectivity index (χ0) is 19.5. The normalized spacial score (nSPS) is 37.2. The van der Waals surface area contributed by atoms with Gasteiger partial charge in [-0.1, -0.05) is 0 Å². The van der Waals surface area contributed by atoms with Crippen LogP contribution in [0.1, 0.15) is 44.1 Å². The molecule has 5 aliphatic rings. The van der Waals surface area contributed by atoms with Crippen LogP contribution in [0.25, 0.3) is 6.08 Å². The fraction of sp³-hybridized carbons (Fsp3) is 0.545. The molecule has 0 N–H and O–H groups in total. The number of nitrogens with zero attached hydrogens (tertiary/aromatic N) is 1. The third-order valence-electron chi connectivity index (χ3n) is 6.74. The lowest BCUT2D eigenvalue weighted by Gasteiger charge is -2.59. The van der Waals surface area contributed by atoms with Crippen LogP contribution in [-0.2, 0) is 9.53 Å². The molecule has 1 aromatic carbocycles. The number of aliphatic imine (C=N–C) groups is 1. The number of carbonyl (C=O) groups is 1. The van der Waals surface area contributed by atoms with E-state index in [4.69, 9.17) is 25.8 Å². The van der Waals surface area contributed by atoms with Gasteiger partial charge in [-0.25, -0.2) is 9.79 Å². The number of carbonyl (C=O) groups excluding carboxylic acids is 1. The largest absolute Gasteiger partial charge is 0.497 e. The van der Waals surface area contributed by atoms with Gasteiger partial charge in [-0.15, -0.1) is 11.6 Å². The molecule has 4 atom stereocenters. The summed E-state index contributed by atoms with van der Waals surface area (Å²) in [6.45, 7) is 0. The van der Waals surface area contributed by atoms with Crippen LogP contribution in [0.2, 0.25) is 0 Å². The standard InChI is InChI=1S/C22H24ClNO4/c1-26-16-4-13(5-17(7-16)27-2)6-18-19(25)28-20(24-18)21-8-14-3-15(9-21)11-22(23,10-14)12-21/h4-7,14-15H,3,8-12H2,1-2H3/b18-6-/t14-,15+,21?,22?. The molecular formula is C22H24ClNO4. The molecule has 0 aromatic heterocycles. The molecule has 0 radical (unpaired) electrons. The van der Waals surface area contributed by atoms with E-state index in [1.54, 1.807) is 26.4 Å². The van der Waals surface area contributed by atoms with Crippen LogP contribution in [-0.4, -0.2) is 31.0 Å². The van der Waals surface area contributed by atoms with Gasteiger partial charge in [0.2, 0.25) is 5.90 Å². The summed E-state index contributed by atoms with van der Waals surface area (Å²) in [7, 11) is 3.20. The maximum atomic E-state index is 12.6. The van der Waals surface area contributed by atoms with Crippen molar-refractivity contribution in [3.63, 3.8) is 0 Å². The average Bonchev–Trinajstić information content (AvgIpc) is 3.00. The first-order valence-electron chi connectivity index (χ1n) is 9.85. The van der Waals surface area contributed by atoms with Gasteiger partial charge in [0.25, 0.3) is 0 Å². The first-order valence-corrected chi connectivity index (χ1v) is 10.2. The van der Waals surface area contributed by atoms with Crippen LogP contribution in [0.4, 0.5) is 0 Å². The van der Waals surface area contributed by atoms with Crippen molar-refractivity contribution < 1.29 is 19.0 Å². The molecule has 1 heterocycles. The summed E-state index contributed by atoms with van der Waals surface area (Å²) in [5.74, 6) is 2.75. The van der Waals surface area contributed by atoms with Crippen molar-refractivity contribution in [2.45, 2.75) is 43.4 Å². The fourth-order valence-electron chi connectivity index (χ4n) is 6.11. The van der Waals surface area contributed by atoms with Gasteiger partial charge in [-0.05, 0) is 74.1 Å². The molecule has 6 heteroatoms. The molecule has 4 saturated carbocycles. The minimum absolute atomic E-state index is 0.147. The Balaban J connectivity index is 1.49. The molecular weight excluding hydrogens is 378 g/mol. The Morgan fingerprint density at radius 2 is 1.75 bits per heavy atom. The van der Waals surface area contributed by atoms with Gasteiger partial charge in [0.1, 0.15) is 11.5 Å². The Hall–Kier alpha value is -2.01. The molecule has 4 fully saturated rings. The number of esters is 1. The highest BCUT2D eigenvalue weighted by molar-refractivity contribution is 6.24. The first kappa shape index (κ1) is 18.0. The maximum absolute atomic E-state index is 12.6. The molecule has 0 spiro atoms. The number of hydrogen-bond acceptors (Lipinski definition) is 5. The van der Waals surface area contributed by atoms with E-state index in [2.05, 4.69) is 4.99 Å². The zero-order valence-electron chi connectivity index (χ0n) is 16.2. The molecule has 0 saturated heterocycles. The molecule has 1 aromatic rings. The van der Waals surface area contributed by atoms with E-state index >= 15 is 0 Å². The number of ether oxygens (including phenoxy) is 3. The summed E-state index contributed by atoms with van der Waals surface area (Å²) in [5, 5.41) is 0. The second kappa shape index (κ2) is 6.24. The minimum atomic E-state index is -0.392. The highest BCUT2D eigenvalue weighted by atomic mass is 35.5. The zero-order valence-corrected chi connectivity index (χ0v) is 16.9. The van der Waals surface area contributed by atoms with Gasteiger partial charge in [-0.2, -0.15) is 0 Å². The Bertz CT molecular complexity index is 870. The Morgan fingerprint density at radius 3 is 2.32 bits per heavy atom. The maximum Gasteiger partial charge on any atom is 0.363 e. The number of benzene rings is 1. The van der Waals surface area contributed by atoms with Gasteiger partial charge >= 0.3 is 5.97 Å². The predicted octanol–water partition coefficient (Wildman–Crippen LogP) is 4.58. The van der Waals surface area contributed by atoms with Crippen molar-refractivity contribution in [1.82, 2.24) is 0 Å². The number of hydrogen-bond donors (Lipinski definition) is 0. The third kappa shape index (κ3) is 2.91. The Labute approximate surface area is 169 Å². The average molecular weight is 402 g/mol. The van der Waals surface area contributed by atoms with Crippen molar-refractivity contribution in [1.29, 1.82) is 0 Å². The lowest BCUT2D eigenvalue weighted by Crippen LogP contribution is -2.56. The summed E-state index contributed by atoms with van der Waals surface area (Å²) < 4.78 is 16.3. The first-order chi connectivity index (χ1) is 13.4. The molecule has 2 unspecified atom stereocenters. The van der Waals surface area contributed by atoms with Crippen LogP contribution >= 0.6 is 11.6 Å². The molecule has 5 nitrogen and oxygen atoms in total. The monoisotopic (exact) mass is 401 g/mol. The van der Waals surface area contributed by atoms with Crippen LogP contribution in [0, 0.1) is 17.3 Å². The van der Waals surface area contributed by atoms with E-state index in [1.165, 1.54) is 6.42 Å². The highest BCUT2D eigenvalue weighted by Crippen LogP contribution is 2.64. The second-order valence-electron chi connectivity index (χ2n) is 8.87. The number of alkyl halides is 1. The van der Waals surface area contributed by atoms with E-state index in [0.29, 0.717) is 34.9 Å². The van der Waals surface area contributed by atoms with Gasteiger partial charge in [0.05, 0.1) is 14.2 Å². The van der Waals surface area contributed by atoms with Crippen LogP contribution in [0.15, 0.2) is 28.9 Å². The van der Waals surface area contributed by atoms with Crippen molar-refractivity contribution in [2.75, 3.05) is 14.2 Å². The second-order valence-corrected chi connectivity index (χ2v) is 9.68. The summed E-state index contributed by atoms with van der Waals surface area (Å²) >= 11 is 6.93. The Kier molecular flexibility index (Phi) is 4.02. The van der Waals surface area contributed by atoms with Crippen LogP contribution in [0.5, 0.6) is 11.5 Å². The van der Waals surface area contributed by atoms with E-state index < -0.39 is 5.97 Å². The lowest BCUT2D eigenvalue weighted by atomic mass is 9.49. The molecule has 1 aliphatic heterocycles. The molecule has 28 heavy (non-hydrogen) atoms. The van der Waals surface area contributed by atoms with Crippen molar-refractivity contribution in [3.05, 3.63) is 29.5 Å². The topological polar surface area (TPSA) is 57.1 Å². The van der Waals surface area contributed by atoms with E-state index in [9.17, 15) is 4.79 Å². The summed E-state index contributed by atoms with van der Waals surface area (Å²) in [4.78, 5) is 17.1. The lowest BCUT2D eigenvalue weighted by molar-refractivity contribution is -0.131. The summed E-state index contributed by atoms with van der Waals surface area (Å²) in [6.07, 6.45) is 8.08. The number of halogens is 1. The molecule has 6 rings (SSSR count). The smallest absolute Gasteiger partial charge is 0.363 e. The SMILES string of the molecule is COc1cc(/C=C2\N=C(C34C[C@@H]5C[C@@H](CC(Cl)(C5)C3)C4)OC2=O)cc(OC)c1. The number of cyclic esters (lactones) is 1. The quantitative estimate of drug-likeness (QED) is 0.421. The molecule has 4 bridgehead atoms. The van der Waals surface area contributed by atoms with Crippen molar-refractivity contribution in [3.8, 4) is 11.5 Å². The highest BCUT2D eigenvalue weighted by Gasteiger charge is 2.60. The fourth-order valence-corrected chi connectivity index (χ4v) is 6.80. The van der Waals surface area contributed by atoms with E-state index in [-0.39, 0.29) is 10.3 Å². The minimum Gasteiger partial charge on any atom is -0.497 e. The molecule has 148 valence electrons. The van der Waals surface area contributed by atoms with E-state index in [0.717, 1.165) is 37.7 Å². The van der Waals surface area contributed by atoms with Gasteiger partial charge in [0.15, 0.2) is 5.70 Å².